The Morgan fingerprint density at radius 2 is 2.17 bits per heavy atom. The molecule has 126 valence electrons. The quantitative estimate of drug-likeness (QED) is 0.868. The van der Waals surface area contributed by atoms with Crippen molar-refractivity contribution in [3.8, 4) is 10.6 Å². The Kier molecular flexibility index (Phi) is 4.05. The first-order chi connectivity index (χ1) is 11.6. The fraction of sp³-hybridized carbons (Fsp3) is 0.471. The molecule has 2 aromatic heterocycles. The zero-order chi connectivity index (χ0) is 16.7. The minimum absolute atomic E-state index is 0.0844. The van der Waals surface area contributed by atoms with Gasteiger partial charge in [-0.05, 0) is 44.8 Å². The zero-order valence-electron chi connectivity index (χ0n) is 13.4. The van der Waals surface area contributed by atoms with E-state index in [0.717, 1.165) is 25.9 Å². The maximum absolute atomic E-state index is 13.2. The lowest BCUT2D eigenvalue weighted by Gasteiger charge is -2.49. The number of rotatable bonds is 3. The number of carbonyl (C=O) groups excluding carboxylic acids is 1. The minimum Gasteiger partial charge on any atom is -0.347 e. The van der Waals surface area contributed by atoms with Gasteiger partial charge < -0.3 is 5.32 Å². The molecule has 5 rings (SSSR count). The van der Waals surface area contributed by atoms with Crippen LogP contribution in [0, 0.1) is 11.9 Å². The van der Waals surface area contributed by atoms with E-state index in [1.54, 1.807) is 12.3 Å². The van der Waals surface area contributed by atoms with Crippen molar-refractivity contribution in [1.82, 2.24) is 20.2 Å². The summed E-state index contributed by atoms with van der Waals surface area (Å²) in [5.41, 5.74) is 0.641. The number of carbonyl (C=O) groups is 1. The van der Waals surface area contributed by atoms with E-state index in [2.05, 4.69) is 27.1 Å². The van der Waals surface area contributed by atoms with Crippen molar-refractivity contribution in [2.75, 3.05) is 13.1 Å². The van der Waals surface area contributed by atoms with Crippen molar-refractivity contribution in [3.63, 3.8) is 0 Å². The number of pyridine rings is 1. The Balaban J connectivity index is 1.49. The first kappa shape index (κ1) is 15.7. The molecule has 3 fully saturated rings. The Morgan fingerprint density at radius 3 is 2.88 bits per heavy atom. The molecule has 5 heterocycles. The van der Waals surface area contributed by atoms with E-state index in [1.807, 2.05) is 0 Å². The molecule has 0 spiro atoms. The Bertz CT molecular complexity index is 755. The van der Waals surface area contributed by atoms with Crippen LogP contribution in [-0.2, 0) is 0 Å². The molecule has 0 radical (unpaired) electrons. The van der Waals surface area contributed by atoms with Crippen LogP contribution in [-0.4, -0.2) is 45.9 Å². The fourth-order valence-corrected chi connectivity index (χ4v) is 4.63. The van der Waals surface area contributed by atoms with Crippen LogP contribution in [0.5, 0.6) is 0 Å². The summed E-state index contributed by atoms with van der Waals surface area (Å²) in [5, 5.41) is 3.82. The summed E-state index contributed by atoms with van der Waals surface area (Å²) in [5.74, 6) is -0.0654. The van der Waals surface area contributed by atoms with E-state index >= 15 is 0 Å². The van der Waals surface area contributed by atoms with Crippen molar-refractivity contribution in [2.45, 2.75) is 31.8 Å². The van der Waals surface area contributed by atoms with Gasteiger partial charge in [0, 0.05) is 29.9 Å². The van der Waals surface area contributed by atoms with Crippen molar-refractivity contribution in [3.05, 3.63) is 35.4 Å². The van der Waals surface area contributed by atoms with E-state index in [1.165, 1.54) is 23.6 Å². The van der Waals surface area contributed by atoms with E-state index < -0.39 is 5.95 Å². The molecule has 3 aliphatic rings. The average Bonchev–Trinajstić information content (AvgIpc) is 3.09. The number of hydrogen-bond acceptors (Lipinski definition) is 5. The zero-order valence-corrected chi connectivity index (χ0v) is 14.2. The number of amides is 1. The van der Waals surface area contributed by atoms with Crippen molar-refractivity contribution < 1.29 is 9.18 Å². The highest BCUT2D eigenvalue weighted by atomic mass is 32.1. The van der Waals surface area contributed by atoms with Gasteiger partial charge in [0.2, 0.25) is 5.95 Å². The number of fused-ring (bicyclic) bond motifs is 3. The average molecular weight is 346 g/mol. The summed E-state index contributed by atoms with van der Waals surface area (Å²) in [6.45, 7) is 4.46. The largest absolute Gasteiger partial charge is 0.347 e. The Labute approximate surface area is 143 Å². The monoisotopic (exact) mass is 346 g/mol. The summed E-state index contributed by atoms with van der Waals surface area (Å²) in [6, 6.07) is 3.60. The molecule has 2 bridgehead atoms. The number of hydrogen-bond donors (Lipinski definition) is 1. The van der Waals surface area contributed by atoms with Crippen LogP contribution in [0.4, 0.5) is 4.39 Å². The maximum Gasteiger partial charge on any atom is 0.263 e. The van der Waals surface area contributed by atoms with Gasteiger partial charge in [0.15, 0.2) is 0 Å². The van der Waals surface area contributed by atoms with Crippen LogP contribution in [0.1, 0.15) is 29.4 Å². The second-order valence-electron chi connectivity index (χ2n) is 6.51. The second-order valence-corrected chi connectivity index (χ2v) is 7.54. The topological polar surface area (TPSA) is 58.1 Å². The van der Waals surface area contributed by atoms with Gasteiger partial charge in [0.25, 0.3) is 5.91 Å². The van der Waals surface area contributed by atoms with Crippen LogP contribution in [0.25, 0.3) is 10.6 Å². The van der Waals surface area contributed by atoms with Gasteiger partial charge in [0.05, 0.1) is 6.20 Å². The summed E-state index contributed by atoms with van der Waals surface area (Å²) >= 11 is 1.28. The van der Waals surface area contributed by atoms with Gasteiger partial charge in [0.1, 0.15) is 9.88 Å². The number of nitrogens with one attached hydrogen (secondary N) is 1. The molecular weight excluding hydrogens is 327 g/mol. The van der Waals surface area contributed by atoms with Crippen LogP contribution in [0.2, 0.25) is 0 Å². The molecule has 2 unspecified atom stereocenters. The predicted molar refractivity (Wildman–Crippen MR) is 90.3 cm³/mol. The molecule has 2 aromatic rings. The SMILES string of the molecule is CC1C(NC(=O)c2cnc(-c3ccnc(F)c3)s2)C2CCN1CC2. The van der Waals surface area contributed by atoms with Gasteiger partial charge >= 0.3 is 0 Å². The predicted octanol–water partition coefficient (Wildman–Crippen LogP) is 2.56. The molecule has 1 N–H and O–H groups in total. The highest BCUT2D eigenvalue weighted by molar-refractivity contribution is 7.16. The summed E-state index contributed by atoms with van der Waals surface area (Å²) in [4.78, 5) is 23.4. The summed E-state index contributed by atoms with van der Waals surface area (Å²) in [7, 11) is 0. The standard InChI is InChI=1S/C17H19FN4OS/c1-10-15(11-3-6-22(10)7-4-11)21-16(23)13-9-20-17(24-13)12-2-5-19-14(18)8-12/h2,5,8-11,15H,3-4,6-7H2,1H3,(H,21,23). The summed E-state index contributed by atoms with van der Waals surface area (Å²) < 4.78 is 13.2. The summed E-state index contributed by atoms with van der Waals surface area (Å²) in [6.07, 6.45) is 5.28. The minimum atomic E-state index is -0.546. The molecule has 0 saturated carbocycles. The van der Waals surface area contributed by atoms with Crippen LogP contribution in [0.15, 0.2) is 24.5 Å². The number of thiazole rings is 1. The Morgan fingerprint density at radius 1 is 1.38 bits per heavy atom. The van der Waals surface area contributed by atoms with Gasteiger partial charge in [-0.25, -0.2) is 9.97 Å². The number of piperidine rings is 3. The molecule has 1 amide bonds. The number of halogens is 1. The van der Waals surface area contributed by atoms with Crippen molar-refractivity contribution in [2.24, 2.45) is 5.92 Å². The van der Waals surface area contributed by atoms with Crippen LogP contribution < -0.4 is 5.32 Å². The van der Waals surface area contributed by atoms with Gasteiger partial charge in [-0.15, -0.1) is 11.3 Å². The van der Waals surface area contributed by atoms with Gasteiger partial charge in [-0.2, -0.15) is 4.39 Å². The van der Waals surface area contributed by atoms with Crippen LogP contribution in [0.3, 0.4) is 0 Å². The molecule has 3 saturated heterocycles. The van der Waals surface area contributed by atoms with E-state index in [0.29, 0.717) is 27.4 Å². The lowest BCUT2D eigenvalue weighted by molar-refractivity contribution is 0.0218. The smallest absolute Gasteiger partial charge is 0.263 e. The first-order valence-electron chi connectivity index (χ1n) is 8.24. The first-order valence-corrected chi connectivity index (χ1v) is 9.06. The third kappa shape index (κ3) is 2.82. The molecule has 0 aliphatic carbocycles. The van der Waals surface area contributed by atoms with Crippen molar-refractivity contribution in [1.29, 1.82) is 0 Å². The lowest BCUT2D eigenvalue weighted by atomic mass is 9.79. The molecule has 5 nitrogen and oxygen atoms in total. The van der Waals surface area contributed by atoms with E-state index in [9.17, 15) is 9.18 Å². The highest BCUT2D eigenvalue weighted by Crippen LogP contribution is 2.32. The normalized spacial score (nSPS) is 28.8. The van der Waals surface area contributed by atoms with Gasteiger partial charge in [-0.3, -0.25) is 9.69 Å². The molecule has 24 heavy (non-hydrogen) atoms. The molecule has 7 heteroatoms. The van der Waals surface area contributed by atoms with Crippen LogP contribution >= 0.6 is 11.3 Å². The molecule has 0 aromatic carbocycles. The fourth-order valence-electron chi connectivity index (χ4n) is 3.82. The number of aromatic nitrogens is 2. The molecule has 2 atom stereocenters. The third-order valence-electron chi connectivity index (χ3n) is 5.18. The van der Waals surface area contributed by atoms with E-state index in [4.69, 9.17) is 0 Å². The van der Waals surface area contributed by atoms with Crippen molar-refractivity contribution >= 4 is 17.2 Å². The highest BCUT2D eigenvalue weighted by Gasteiger charge is 2.40. The second kappa shape index (κ2) is 6.22. The lowest BCUT2D eigenvalue weighted by Crippen LogP contribution is -2.62. The molecule has 3 aliphatic heterocycles. The maximum atomic E-state index is 13.2. The van der Waals surface area contributed by atoms with E-state index in [-0.39, 0.29) is 11.9 Å². The Hall–Kier alpha value is -1.86. The molecular formula is C17H19FN4OS. The van der Waals surface area contributed by atoms with Gasteiger partial charge in [-0.1, -0.05) is 0 Å². The third-order valence-corrected chi connectivity index (χ3v) is 6.22. The number of nitrogens with zero attached hydrogens (tertiary/aromatic N) is 3.